The summed E-state index contributed by atoms with van der Waals surface area (Å²) in [6, 6.07) is 1.70. The molecule has 0 aliphatic carbocycles. The SMILES string of the molecule is CC(C)(O)Cn1ccc(N)n1.Cl. The summed E-state index contributed by atoms with van der Waals surface area (Å²) in [5, 5.41) is 13.3. The van der Waals surface area contributed by atoms with Gasteiger partial charge >= 0.3 is 0 Å². The Hall–Kier alpha value is -0.740. The number of hydrogen-bond donors (Lipinski definition) is 2. The van der Waals surface area contributed by atoms with E-state index in [0.29, 0.717) is 12.4 Å². The standard InChI is InChI=1S/C7H13N3O.ClH/c1-7(2,11)5-10-4-3-6(8)9-10;/h3-4,11H,5H2,1-2H3,(H2,8,9);1H. The Morgan fingerprint density at radius 1 is 1.67 bits per heavy atom. The largest absolute Gasteiger partial charge is 0.389 e. The lowest BCUT2D eigenvalue weighted by Crippen LogP contribution is -2.26. The molecule has 1 aromatic heterocycles. The van der Waals surface area contributed by atoms with E-state index in [1.54, 1.807) is 30.8 Å². The van der Waals surface area contributed by atoms with Crippen LogP contribution in [0.25, 0.3) is 0 Å². The second-order valence-corrected chi connectivity index (χ2v) is 3.25. The van der Waals surface area contributed by atoms with Gasteiger partial charge in [-0.15, -0.1) is 12.4 Å². The molecule has 1 rings (SSSR count). The minimum absolute atomic E-state index is 0. The van der Waals surface area contributed by atoms with Crippen molar-refractivity contribution in [1.82, 2.24) is 9.78 Å². The van der Waals surface area contributed by atoms with Crippen molar-refractivity contribution in [3.63, 3.8) is 0 Å². The Kier molecular flexibility index (Phi) is 3.55. The Balaban J connectivity index is 0.00000121. The number of nitrogen functional groups attached to an aromatic ring is 1. The molecule has 70 valence electrons. The number of anilines is 1. The normalized spacial score (nSPS) is 10.9. The fourth-order valence-electron chi connectivity index (χ4n) is 0.862. The quantitative estimate of drug-likeness (QED) is 0.722. The van der Waals surface area contributed by atoms with Crippen LogP contribution in [0.4, 0.5) is 5.82 Å². The highest BCUT2D eigenvalue weighted by molar-refractivity contribution is 5.85. The minimum Gasteiger partial charge on any atom is -0.389 e. The molecule has 0 fully saturated rings. The topological polar surface area (TPSA) is 64.1 Å². The zero-order chi connectivity index (χ0) is 8.48. The maximum Gasteiger partial charge on any atom is 0.145 e. The molecule has 3 N–H and O–H groups in total. The smallest absolute Gasteiger partial charge is 0.145 e. The van der Waals surface area contributed by atoms with Crippen molar-refractivity contribution < 1.29 is 5.11 Å². The molecule has 4 nitrogen and oxygen atoms in total. The predicted octanol–water partition coefficient (Wildman–Crippen LogP) is 0.658. The van der Waals surface area contributed by atoms with E-state index in [1.807, 2.05) is 0 Å². The van der Waals surface area contributed by atoms with Gasteiger partial charge in [-0.2, -0.15) is 5.10 Å². The molecule has 0 atom stereocenters. The first-order valence-electron chi connectivity index (χ1n) is 3.49. The van der Waals surface area contributed by atoms with Crippen LogP contribution >= 0.6 is 12.4 Å². The van der Waals surface area contributed by atoms with Gasteiger partial charge in [-0.3, -0.25) is 4.68 Å². The van der Waals surface area contributed by atoms with E-state index in [1.165, 1.54) is 0 Å². The van der Waals surface area contributed by atoms with Crippen molar-refractivity contribution in [2.24, 2.45) is 0 Å². The van der Waals surface area contributed by atoms with E-state index >= 15 is 0 Å². The third-order valence-corrected chi connectivity index (χ3v) is 1.21. The van der Waals surface area contributed by atoms with Crippen LogP contribution in [0, 0.1) is 0 Å². The van der Waals surface area contributed by atoms with Gasteiger partial charge in [0, 0.05) is 6.20 Å². The molecule has 0 spiro atoms. The molecule has 0 aliphatic heterocycles. The van der Waals surface area contributed by atoms with Gasteiger partial charge in [0.05, 0.1) is 12.1 Å². The number of nitrogens with two attached hydrogens (primary N) is 1. The van der Waals surface area contributed by atoms with Gasteiger partial charge in [0.2, 0.25) is 0 Å². The third-order valence-electron chi connectivity index (χ3n) is 1.21. The highest BCUT2D eigenvalue weighted by Crippen LogP contribution is 2.05. The number of rotatable bonds is 2. The highest BCUT2D eigenvalue weighted by Gasteiger charge is 2.13. The summed E-state index contributed by atoms with van der Waals surface area (Å²) in [6.07, 6.45) is 1.74. The lowest BCUT2D eigenvalue weighted by Gasteiger charge is -2.16. The Morgan fingerprint density at radius 3 is 2.58 bits per heavy atom. The molecule has 0 saturated carbocycles. The van der Waals surface area contributed by atoms with Gasteiger partial charge in [0.15, 0.2) is 0 Å². The Morgan fingerprint density at radius 2 is 2.25 bits per heavy atom. The zero-order valence-corrected chi connectivity index (χ0v) is 8.01. The molecule has 0 bridgehead atoms. The van der Waals surface area contributed by atoms with Crippen LogP contribution in [-0.2, 0) is 6.54 Å². The second kappa shape index (κ2) is 3.78. The number of halogens is 1. The number of aliphatic hydroxyl groups is 1. The zero-order valence-electron chi connectivity index (χ0n) is 7.19. The first-order chi connectivity index (χ1) is 4.97. The van der Waals surface area contributed by atoms with Crippen LogP contribution in [0.3, 0.4) is 0 Å². The van der Waals surface area contributed by atoms with Crippen molar-refractivity contribution >= 4 is 18.2 Å². The molecule has 0 amide bonds. The molecule has 5 heteroatoms. The van der Waals surface area contributed by atoms with Crippen LogP contribution in [0.5, 0.6) is 0 Å². The van der Waals surface area contributed by atoms with E-state index in [0.717, 1.165) is 0 Å². The van der Waals surface area contributed by atoms with Crippen LogP contribution in [0.2, 0.25) is 0 Å². The van der Waals surface area contributed by atoms with Crippen molar-refractivity contribution in [1.29, 1.82) is 0 Å². The van der Waals surface area contributed by atoms with E-state index in [4.69, 9.17) is 5.73 Å². The van der Waals surface area contributed by atoms with Gasteiger partial charge in [0.1, 0.15) is 5.82 Å². The van der Waals surface area contributed by atoms with Crippen molar-refractivity contribution in [2.45, 2.75) is 26.0 Å². The van der Waals surface area contributed by atoms with E-state index in [2.05, 4.69) is 5.10 Å². The van der Waals surface area contributed by atoms with Crippen molar-refractivity contribution in [3.8, 4) is 0 Å². The van der Waals surface area contributed by atoms with Crippen molar-refractivity contribution in [2.75, 3.05) is 5.73 Å². The first-order valence-corrected chi connectivity index (χ1v) is 3.49. The summed E-state index contributed by atoms with van der Waals surface area (Å²) in [6.45, 7) is 3.92. The number of aromatic nitrogens is 2. The van der Waals surface area contributed by atoms with E-state index in [-0.39, 0.29) is 12.4 Å². The monoisotopic (exact) mass is 191 g/mol. The third kappa shape index (κ3) is 3.59. The molecule has 12 heavy (non-hydrogen) atoms. The lowest BCUT2D eigenvalue weighted by molar-refractivity contribution is 0.0578. The average Bonchev–Trinajstić information content (AvgIpc) is 2.10. The van der Waals surface area contributed by atoms with Crippen LogP contribution in [0.1, 0.15) is 13.8 Å². The van der Waals surface area contributed by atoms with Gasteiger partial charge < -0.3 is 10.8 Å². The molecule has 0 unspecified atom stereocenters. The summed E-state index contributed by atoms with van der Waals surface area (Å²) >= 11 is 0. The number of nitrogens with zero attached hydrogens (tertiary/aromatic N) is 2. The molecule has 0 saturated heterocycles. The van der Waals surface area contributed by atoms with Crippen LogP contribution in [0.15, 0.2) is 12.3 Å². The van der Waals surface area contributed by atoms with E-state index < -0.39 is 5.60 Å². The fourth-order valence-corrected chi connectivity index (χ4v) is 0.862. The van der Waals surface area contributed by atoms with Gasteiger partial charge in [-0.05, 0) is 19.9 Å². The molecular weight excluding hydrogens is 178 g/mol. The summed E-state index contributed by atoms with van der Waals surface area (Å²) in [7, 11) is 0. The molecule has 1 heterocycles. The summed E-state index contributed by atoms with van der Waals surface area (Å²) < 4.78 is 1.62. The maximum atomic E-state index is 9.38. The molecular formula is C7H14ClN3O. The summed E-state index contributed by atoms with van der Waals surface area (Å²) in [4.78, 5) is 0. The minimum atomic E-state index is -0.738. The first kappa shape index (κ1) is 11.3. The average molecular weight is 192 g/mol. The lowest BCUT2D eigenvalue weighted by atomic mass is 10.1. The van der Waals surface area contributed by atoms with Crippen LogP contribution < -0.4 is 5.73 Å². The molecule has 0 aromatic carbocycles. The van der Waals surface area contributed by atoms with Gasteiger partial charge in [0.25, 0.3) is 0 Å². The Bertz CT molecular complexity index is 241. The van der Waals surface area contributed by atoms with Gasteiger partial charge in [-0.25, -0.2) is 0 Å². The van der Waals surface area contributed by atoms with Crippen LogP contribution in [-0.4, -0.2) is 20.5 Å². The highest BCUT2D eigenvalue weighted by atomic mass is 35.5. The van der Waals surface area contributed by atoms with Crippen molar-refractivity contribution in [3.05, 3.63) is 12.3 Å². The molecule has 1 aromatic rings. The molecule has 0 radical (unpaired) electrons. The Labute approximate surface area is 77.8 Å². The molecule has 0 aliphatic rings. The second-order valence-electron chi connectivity index (χ2n) is 3.25. The summed E-state index contributed by atoms with van der Waals surface area (Å²) in [5.74, 6) is 0.481. The fraction of sp³-hybridized carbons (Fsp3) is 0.571. The predicted molar refractivity (Wildman–Crippen MR) is 50.2 cm³/mol. The van der Waals surface area contributed by atoms with E-state index in [9.17, 15) is 5.11 Å². The number of hydrogen-bond acceptors (Lipinski definition) is 3. The van der Waals surface area contributed by atoms with Gasteiger partial charge in [-0.1, -0.05) is 0 Å². The summed E-state index contributed by atoms with van der Waals surface area (Å²) in [5.41, 5.74) is 4.65. The maximum absolute atomic E-state index is 9.38.